The van der Waals surface area contributed by atoms with E-state index >= 15 is 0 Å². The summed E-state index contributed by atoms with van der Waals surface area (Å²) in [4.78, 5) is 11.6. The second-order valence-electron chi connectivity index (χ2n) is 4.57. The van der Waals surface area contributed by atoms with Crippen LogP contribution < -0.4 is 5.32 Å². The van der Waals surface area contributed by atoms with E-state index in [9.17, 15) is 4.79 Å². The summed E-state index contributed by atoms with van der Waals surface area (Å²) in [5.41, 5.74) is 0.955. The van der Waals surface area contributed by atoms with Crippen LogP contribution in [0.4, 0.5) is 4.79 Å². The normalized spacial score (nSPS) is 12.2. The molecular weight excluding hydrogens is 230 g/mol. The van der Waals surface area contributed by atoms with Crippen molar-refractivity contribution < 1.29 is 14.6 Å². The summed E-state index contributed by atoms with van der Waals surface area (Å²) < 4.78 is 5.12. The number of ether oxygens (including phenoxy) is 1. The van der Waals surface area contributed by atoms with E-state index in [1.54, 1.807) is 0 Å². The van der Waals surface area contributed by atoms with Crippen molar-refractivity contribution in [2.24, 2.45) is 5.92 Å². The molecule has 1 rings (SSSR count). The summed E-state index contributed by atoms with van der Waals surface area (Å²) in [6.07, 6.45) is 0.101. The van der Waals surface area contributed by atoms with Crippen LogP contribution in [0.25, 0.3) is 0 Å². The third-order valence-electron chi connectivity index (χ3n) is 2.76. The van der Waals surface area contributed by atoms with Crippen molar-refractivity contribution in [1.29, 1.82) is 0 Å². The van der Waals surface area contributed by atoms with Crippen LogP contribution in [-0.2, 0) is 11.3 Å². The van der Waals surface area contributed by atoms with E-state index in [4.69, 9.17) is 9.84 Å². The number of aliphatic hydroxyl groups is 1. The standard InChI is InChI=1S/C14H21NO3/c1-11(2)13(8-9-16)15-14(17)18-10-12-6-4-3-5-7-12/h3-7,11,13,16H,8-10H2,1-2H3,(H,15,17)/t13-/m1/s1. The number of amides is 1. The number of carbonyl (C=O) groups is 1. The van der Waals surface area contributed by atoms with Crippen molar-refractivity contribution in [3.8, 4) is 0 Å². The molecule has 0 aliphatic heterocycles. The zero-order valence-electron chi connectivity index (χ0n) is 10.9. The number of hydrogen-bond acceptors (Lipinski definition) is 3. The molecule has 4 nitrogen and oxygen atoms in total. The molecule has 1 atom stereocenters. The predicted molar refractivity (Wildman–Crippen MR) is 70.1 cm³/mol. The van der Waals surface area contributed by atoms with Gasteiger partial charge in [-0.15, -0.1) is 0 Å². The van der Waals surface area contributed by atoms with Crippen LogP contribution in [0.3, 0.4) is 0 Å². The molecule has 4 heteroatoms. The first-order valence-corrected chi connectivity index (χ1v) is 6.21. The Morgan fingerprint density at radius 3 is 2.56 bits per heavy atom. The Balaban J connectivity index is 2.36. The van der Waals surface area contributed by atoms with Crippen LogP contribution in [0.5, 0.6) is 0 Å². The van der Waals surface area contributed by atoms with E-state index in [0.29, 0.717) is 6.42 Å². The molecule has 1 aromatic rings. The molecule has 0 heterocycles. The van der Waals surface area contributed by atoms with Gasteiger partial charge in [-0.2, -0.15) is 0 Å². The van der Waals surface area contributed by atoms with Crippen LogP contribution in [-0.4, -0.2) is 23.8 Å². The number of carbonyl (C=O) groups excluding carboxylic acids is 1. The van der Waals surface area contributed by atoms with Gasteiger partial charge >= 0.3 is 6.09 Å². The molecule has 0 aliphatic rings. The molecule has 0 radical (unpaired) electrons. The molecule has 18 heavy (non-hydrogen) atoms. The first-order chi connectivity index (χ1) is 8.63. The number of nitrogens with one attached hydrogen (secondary N) is 1. The molecule has 0 fully saturated rings. The van der Waals surface area contributed by atoms with E-state index in [1.807, 2.05) is 44.2 Å². The van der Waals surface area contributed by atoms with Crippen molar-refractivity contribution >= 4 is 6.09 Å². The fourth-order valence-corrected chi connectivity index (χ4v) is 1.63. The summed E-state index contributed by atoms with van der Waals surface area (Å²) in [5, 5.41) is 11.7. The SMILES string of the molecule is CC(C)[C@@H](CCO)NC(=O)OCc1ccccc1. The number of rotatable bonds is 6. The van der Waals surface area contributed by atoms with Gasteiger partial charge < -0.3 is 15.2 Å². The Morgan fingerprint density at radius 2 is 2.00 bits per heavy atom. The smallest absolute Gasteiger partial charge is 0.407 e. The highest BCUT2D eigenvalue weighted by atomic mass is 16.5. The number of alkyl carbamates (subject to hydrolysis) is 1. The highest BCUT2D eigenvalue weighted by Gasteiger charge is 2.16. The van der Waals surface area contributed by atoms with Crippen molar-refractivity contribution in [3.63, 3.8) is 0 Å². The van der Waals surface area contributed by atoms with Gasteiger partial charge in [-0.05, 0) is 17.9 Å². The lowest BCUT2D eigenvalue weighted by Crippen LogP contribution is -2.39. The predicted octanol–water partition coefficient (Wildman–Crippen LogP) is 2.32. The van der Waals surface area contributed by atoms with Crippen molar-refractivity contribution in [2.45, 2.75) is 32.9 Å². The van der Waals surface area contributed by atoms with Gasteiger partial charge in [-0.1, -0.05) is 44.2 Å². The number of hydrogen-bond donors (Lipinski definition) is 2. The fourth-order valence-electron chi connectivity index (χ4n) is 1.63. The maximum absolute atomic E-state index is 11.6. The van der Waals surface area contributed by atoms with Gasteiger partial charge in [0.1, 0.15) is 6.61 Å². The minimum Gasteiger partial charge on any atom is -0.445 e. The van der Waals surface area contributed by atoms with E-state index < -0.39 is 6.09 Å². The Morgan fingerprint density at radius 1 is 1.33 bits per heavy atom. The third kappa shape index (κ3) is 5.19. The lowest BCUT2D eigenvalue weighted by atomic mass is 10.0. The molecular formula is C14H21NO3. The molecule has 0 spiro atoms. The highest BCUT2D eigenvalue weighted by molar-refractivity contribution is 5.67. The van der Waals surface area contributed by atoms with E-state index in [1.165, 1.54) is 0 Å². The maximum Gasteiger partial charge on any atom is 0.407 e. The molecule has 1 aromatic carbocycles. The molecule has 1 amide bonds. The number of benzene rings is 1. The minimum atomic E-state index is -0.439. The van der Waals surface area contributed by atoms with Crippen LogP contribution in [0.1, 0.15) is 25.8 Å². The first kappa shape index (κ1) is 14.5. The highest BCUT2D eigenvalue weighted by Crippen LogP contribution is 2.06. The fraction of sp³-hybridized carbons (Fsp3) is 0.500. The lowest BCUT2D eigenvalue weighted by Gasteiger charge is -2.21. The van der Waals surface area contributed by atoms with Crippen LogP contribution in [0, 0.1) is 5.92 Å². The maximum atomic E-state index is 11.6. The molecule has 0 bridgehead atoms. The lowest BCUT2D eigenvalue weighted by molar-refractivity contribution is 0.129. The zero-order valence-corrected chi connectivity index (χ0v) is 10.9. The van der Waals surface area contributed by atoms with E-state index in [0.717, 1.165) is 5.56 Å². The van der Waals surface area contributed by atoms with Gasteiger partial charge in [0.05, 0.1) is 0 Å². The van der Waals surface area contributed by atoms with Crippen LogP contribution in [0.2, 0.25) is 0 Å². The van der Waals surface area contributed by atoms with Crippen LogP contribution in [0.15, 0.2) is 30.3 Å². The summed E-state index contributed by atoms with van der Waals surface area (Å²) in [6, 6.07) is 9.47. The minimum absolute atomic E-state index is 0.0572. The van der Waals surface area contributed by atoms with Crippen LogP contribution >= 0.6 is 0 Å². The van der Waals surface area contributed by atoms with E-state index in [-0.39, 0.29) is 25.2 Å². The topological polar surface area (TPSA) is 58.6 Å². The Bertz CT molecular complexity index is 351. The molecule has 0 aromatic heterocycles. The summed E-state index contributed by atoms with van der Waals surface area (Å²) in [6.45, 7) is 4.31. The van der Waals surface area contributed by atoms with Gasteiger partial charge in [0, 0.05) is 12.6 Å². The van der Waals surface area contributed by atoms with Crippen molar-refractivity contribution in [2.75, 3.05) is 6.61 Å². The molecule has 0 saturated heterocycles. The summed E-state index contributed by atoms with van der Waals surface area (Å²) in [5.74, 6) is 0.265. The molecule has 0 aliphatic carbocycles. The Labute approximate surface area is 108 Å². The summed E-state index contributed by atoms with van der Waals surface area (Å²) in [7, 11) is 0. The summed E-state index contributed by atoms with van der Waals surface area (Å²) >= 11 is 0. The molecule has 2 N–H and O–H groups in total. The average Bonchev–Trinajstić information content (AvgIpc) is 2.37. The molecule has 0 unspecified atom stereocenters. The van der Waals surface area contributed by atoms with Gasteiger partial charge in [0.2, 0.25) is 0 Å². The molecule has 100 valence electrons. The quantitative estimate of drug-likeness (QED) is 0.815. The van der Waals surface area contributed by atoms with Gasteiger partial charge in [0.25, 0.3) is 0 Å². The largest absolute Gasteiger partial charge is 0.445 e. The Hall–Kier alpha value is -1.55. The van der Waals surface area contributed by atoms with E-state index in [2.05, 4.69) is 5.32 Å². The third-order valence-corrected chi connectivity index (χ3v) is 2.76. The second-order valence-corrected chi connectivity index (χ2v) is 4.57. The van der Waals surface area contributed by atoms with Crippen molar-refractivity contribution in [3.05, 3.63) is 35.9 Å². The molecule has 0 saturated carbocycles. The number of aliphatic hydroxyl groups excluding tert-OH is 1. The Kier molecular flexibility index (Phi) is 6.22. The van der Waals surface area contributed by atoms with Gasteiger partial charge in [0.15, 0.2) is 0 Å². The van der Waals surface area contributed by atoms with Gasteiger partial charge in [-0.3, -0.25) is 0 Å². The first-order valence-electron chi connectivity index (χ1n) is 6.21. The van der Waals surface area contributed by atoms with Gasteiger partial charge in [-0.25, -0.2) is 4.79 Å². The van der Waals surface area contributed by atoms with Crippen molar-refractivity contribution in [1.82, 2.24) is 5.32 Å². The zero-order chi connectivity index (χ0) is 13.4. The average molecular weight is 251 g/mol. The second kappa shape index (κ2) is 7.71. The monoisotopic (exact) mass is 251 g/mol.